The average Bonchev–Trinajstić information content (AvgIpc) is 2.68. The second kappa shape index (κ2) is 14.9. The number of hydrogen-bond donors (Lipinski definition) is 2. The molecule has 0 fully saturated rings. The van der Waals surface area contributed by atoms with E-state index in [0.29, 0.717) is 19.1 Å². The molecule has 0 radical (unpaired) electrons. The van der Waals surface area contributed by atoms with Crippen LogP contribution in [0.1, 0.15) is 32.3 Å². The van der Waals surface area contributed by atoms with Crippen molar-refractivity contribution in [2.24, 2.45) is 10.9 Å². The van der Waals surface area contributed by atoms with Crippen molar-refractivity contribution in [1.29, 1.82) is 0 Å². The Morgan fingerprint density at radius 2 is 2.07 bits per heavy atom. The zero-order chi connectivity index (χ0) is 18.5. The lowest BCUT2D eigenvalue weighted by Crippen LogP contribution is -2.38. The van der Waals surface area contributed by atoms with Gasteiger partial charge in [0.25, 0.3) is 0 Å². The monoisotopic (exact) mass is 487 g/mol. The van der Waals surface area contributed by atoms with Crippen LogP contribution in [0.4, 0.5) is 0 Å². The highest BCUT2D eigenvalue weighted by molar-refractivity contribution is 14.0. The number of benzene rings is 1. The summed E-state index contributed by atoms with van der Waals surface area (Å²) in [6.45, 7) is 9.75. The Hall–Kier alpha value is -1.12. The van der Waals surface area contributed by atoms with E-state index >= 15 is 0 Å². The molecular weight excluding hydrogens is 453 g/mol. The molecule has 2 rings (SSSR count). The van der Waals surface area contributed by atoms with Crippen molar-refractivity contribution in [3.63, 3.8) is 0 Å². The van der Waals surface area contributed by atoms with Crippen molar-refractivity contribution < 1.29 is 9.47 Å². The van der Waals surface area contributed by atoms with Crippen LogP contribution in [0.5, 0.6) is 0 Å². The van der Waals surface area contributed by atoms with Crippen LogP contribution in [0.15, 0.2) is 47.0 Å². The van der Waals surface area contributed by atoms with Gasteiger partial charge in [-0.05, 0) is 31.2 Å². The number of halogens is 1. The number of rotatable bonds is 10. The summed E-state index contributed by atoms with van der Waals surface area (Å²) in [5.74, 6) is 1.27. The minimum atomic E-state index is 0. The molecule has 1 unspecified atom stereocenters. The predicted octanol–water partition coefficient (Wildman–Crippen LogP) is 3.75. The molecule has 0 aliphatic carbocycles. The summed E-state index contributed by atoms with van der Waals surface area (Å²) in [7, 11) is 0. The molecule has 27 heavy (non-hydrogen) atoms. The van der Waals surface area contributed by atoms with Gasteiger partial charge in [-0.15, -0.1) is 24.0 Å². The molecule has 0 bridgehead atoms. The molecule has 0 saturated heterocycles. The normalized spacial score (nSPS) is 15.5. The number of nitrogens with zero attached hydrogens (tertiary/aromatic N) is 1. The fraction of sp³-hybridized carbons (Fsp3) is 0.571. The fourth-order valence-corrected chi connectivity index (χ4v) is 2.73. The van der Waals surface area contributed by atoms with Crippen LogP contribution in [0, 0.1) is 5.92 Å². The highest BCUT2D eigenvalue weighted by Crippen LogP contribution is 2.10. The molecule has 0 saturated carbocycles. The van der Waals surface area contributed by atoms with Crippen molar-refractivity contribution in [3.05, 3.63) is 47.5 Å². The Labute approximate surface area is 181 Å². The maximum absolute atomic E-state index is 5.80. The first-order valence-electron chi connectivity index (χ1n) is 9.67. The van der Waals surface area contributed by atoms with E-state index in [-0.39, 0.29) is 24.0 Å². The van der Waals surface area contributed by atoms with Gasteiger partial charge < -0.3 is 20.1 Å². The average molecular weight is 487 g/mol. The highest BCUT2D eigenvalue weighted by Gasteiger charge is 2.06. The molecule has 1 aromatic carbocycles. The van der Waals surface area contributed by atoms with E-state index in [1.165, 1.54) is 11.1 Å². The molecule has 0 aromatic heterocycles. The van der Waals surface area contributed by atoms with E-state index in [2.05, 4.69) is 42.7 Å². The molecule has 1 aromatic rings. The molecule has 0 amide bonds. The molecule has 6 heteroatoms. The lowest BCUT2D eigenvalue weighted by molar-refractivity contribution is 0.0945. The van der Waals surface area contributed by atoms with Gasteiger partial charge in [0, 0.05) is 19.6 Å². The molecule has 1 aliphatic rings. The van der Waals surface area contributed by atoms with Gasteiger partial charge >= 0.3 is 0 Å². The van der Waals surface area contributed by atoms with Crippen molar-refractivity contribution >= 4 is 29.9 Å². The molecule has 1 heterocycles. The third kappa shape index (κ3) is 10.7. The van der Waals surface area contributed by atoms with E-state index < -0.39 is 0 Å². The van der Waals surface area contributed by atoms with Crippen LogP contribution < -0.4 is 10.6 Å². The third-order valence-corrected chi connectivity index (χ3v) is 4.22. The van der Waals surface area contributed by atoms with Crippen LogP contribution in [0.3, 0.4) is 0 Å². The Kier molecular flexibility index (Phi) is 13.2. The fourth-order valence-electron chi connectivity index (χ4n) is 2.73. The Morgan fingerprint density at radius 3 is 2.78 bits per heavy atom. The van der Waals surface area contributed by atoms with Crippen molar-refractivity contribution in [2.45, 2.75) is 33.3 Å². The minimum absolute atomic E-state index is 0. The number of ether oxygens (including phenoxy) is 2. The first kappa shape index (κ1) is 23.9. The zero-order valence-electron chi connectivity index (χ0n) is 16.6. The van der Waals surface area contributed by atoms with Crippen molar-refractivity contribution in [2.75, 3.05) is 39.5 Å². The first-order valence-corrected chi connectivity index (χ1v) is 9.67. The standard InChI is InChI=1S/C21H33N3O2.HI/c1-3-22-21(23-12-9-19-10-13-25-14-11-19)24-15-18(2)16-26-17-20-7-5-4-6-8-20;/h4-8,10,18H,3,9,11-17H2,1-2H3,(H2,22,23,24);1H. The second-order valence-electron chi connectivity index (χ2n) is 6.69. The van der Waals surface area contributed by atoms with Crippen LogP contribution in [-0.2, 0) is 16.1 Å². The molecular formula is C21H34IN3O2. The summed E-state index contributed by atoms with van der Waals surface area (Å²) in [6.07, 6.45) is 4.29. The van der Waals surface area contributed by atoms with Crippen molar-refractivity contribution in [1.82, 2.24) is 10.6 Å². The summed E-state index contributed by atoms with van der Waals surface area (Å²) in [5, 5.41) is 6.73. The van der Waals surface area contributed by atoms with E-state index in [9.17, 15) is 0 Å². The summed E-state index contributed by atoms with van der Waals surface area (Å²) < 4.78 is 11.2. The first-order chi connectivity index (χ1) is 12.8. The molecule has 1 aliphatic heterocycles. The minimum Gasteiger partial charge on any atom is -0.377 e. The zero-order valence-corrected chi connectivity index (χ0v) is 18.9. The third-order valence-electron chi connectivity index (χ3n) is 4.22. The SMILES string of the molecule is CCNC(=NCC(C)COCc1ccccc1)NCCC1=CCOCC1.I. The van der Waals surface area contributed by atoms with E-state index in [1.54, 1.807) is 0 Å². The summed E-state index contributed by atoms with van der Waals surface area (Å²) >= 11 is 0. The molecule has 152 valence electrons. The van der Waals surface area contributed by atoms with Gasteiger partial charge in [0.1, 0.15) is 0 Å². The summed E-state index contributed by atoms with van der Waals surface area (Å²) in [4.78, 5) is 4.69. The lowest BCUT2D eigenvalue weighted by atomic mass is 10.1. The Morgan fingerprint density at radius 1 is 1.26 bits per heavy atom. The second-order valence-corrected chi connectivity index (χ2v) is 6.69. The van der Waals surface area contributed by atoms with E-state index in [0.717, 1.165) is 51.6 Å². The maximum Gasteiger partial charge on any atom is 0.191 e. The van der Waals surface area contributed by atoms with Crippen molar-refractivity contribution in [3.8, 4) is 0 Å². The number of aliphatic imine (C=N–C) groups is 1. The molecule has 1 atom stereocenters. The quantitative estimate of drug-likeness (QED) is 0.229. The van der Waals surface area contributed by atoms with Crippen LogP contribution in [-0.4, -0.2) is 45.4 Å². The Balaban J connectivity index is 0.00000364. The van der Waals surface area contributed by atoms with Gasteiger partial charge in [-0.3, -0.25) is 4.99 Å². The lowest BCUT2D eigenvalue weighted by Gasteiger charge is -2.16. The van der Waals surface area contributed by atoms with Crippen LogP contribution in [0.25, 0.3) is 0 Å². The Bertz CT molecular complexity index is 564. The maximum atomic E-state index is 5.80. The topological polar surface area (TPSA) is 54.9 Å². The molecule has 5 nitrogen and oxygen atoms in total. The highest BCUT2D eigenvalue weighted by atomic mass is 127. The number of hydrogen-bond acceptors (Lipinski definition) is 3. The van der Waals surface area contributed by atoms with Gasteiger partial charge in [0.05, 0.1) is 26.4 Å². The van der Waals surface area contributed by atoms with E-state index in [1.807, 2.05) is 18.2 Å². The summed E-state index contributed by atoms with van der Waals surface area (Å²) in [6, 6.07) is 10.3. The van der Waals surface area contributed by atoms with Gasteiger partial charge in [0.2, 0.25) is 0 Å². The van der Waals surface area contributed by atoms with Crippen LogP contribution >= 0.6 is 24.0 Å². The van der Waals surface area contributed by atoms with Gasteiger partial charge in [0.15, 0.2) is 5.96 Å². The largest absolute Gasteiger partial charge is 0.377 e. The molecule has 2 N–H and O–H groups in total. The smallest absolute Gasteiger partial charge is 0.191 e. The summed E-state index contributed by atoms with van der Waals surface area (Å²) in [5.41, 5.74) is 2.68. The predicted molar refractivity (Wildman–Crippen MR) is 123 cm³/mol. The van der Waals surface area contributed by atoms with Crippen LogP contribution in [0.2, 0.25) is 0 Å². The van der Waals surface area contributed by atoms with Gasteiger partial charge in [-0.2, -0.15) is 0 Å². The van der Waals surface area contributed by atoms with E-state index in [4.69, 9.17) is 14.5 Å². The van der Waals surface area contributed by atoms with Gasteiger partial charge in [-0.1, -0.05) is 48.9 Å². The molecule has 0 spiro atoms. The van der Waals surface area contributed by atoms with Gasteiger partial charge in [-0.25, -0.2) is 0 Å². The number of guanidine groups is 1. The number of nitrogens with one attached hydrogen (secondary N) is 2.